The highest BCUT2D eigenvalue weighted by molar-refractivity contribution is 7.10. The summed E-state index contributed by atoms with van der Waals surface area (Å²) in [7, 11) is 0. The number of carbonyl (C=O) groups is 1. The normalized spacial score (nSPS) is 12.6. The number of nitrogens with one attached hydrogen (secondary N) is 1. The summed E-state index contributed by atoms with van der Waals surface area (Å²) < 4.78 is 0. The average Bonchev–Trinajstić information content (AvgIpc) is 2.64. The van der Waals surface area contributed by atoms with E-state index in [9.17, 15) is 4.79 Å². The monoisotopic (exact) mass is 213 g/mol. The fraction of sp³-hybridized carbons (Fsp3) is 0.500. The molecule has 1 rings (SSSR count). The zero-order valence-corrected chi connectivity index (χ0v) is 9.01. The first-order chi connectivity index (χ1) is 6.74. The van der Waals surface area contributed by atoms with Crippen LogP contribution in [0.2, 0.25) is 0 Å². The third-order valence-corrected chi connectivity index (χ3v) is 3.01. The molecule has 0 radical (unpaired) electrons. The summed E-state index contributed by atoms with van der Waals surface area (Å²) in [6.45, 7) is 2.63. The number of thiophene rings is 1. The first-order valence-corrected chi connectivity index (χ1v) is 5.60. The molecule has 0 aliphatic rings. The molecule has 0 aliphatic carbocycles. The van der Waals surface area contributed by atoms with E-state index in [0.717, 1.165) is 6.42 Å². The maximum Gasteiger partial charge on any atom is 0.304 e. The molecule has 0 fully saturated rings. The topological polar surface area (TPSA) is 49.3 Å². The standard InChI is InChI=1S/C10H15NO2S/c1-2-8(9-4-3-7-14-9)11-6-5-10(12)13/h3-4,7-8,11H,2,5-6H2,1H3,(H,12,13). The fourth-order valence-corrected chi connectivity index (χ4v) is 2.17. The van der Waals surface area contributed by atoms with Crippen LogP contribution in [0.15, 0.2) is 17.5 Å². The number of rotatable bonds is 6. The van der Waals surface area contributed by atoms with E-state index in [1.807, 2.05) is 11.4 Å². The Hall–Kier alpha value is -0.870. The number of carboxylic acids is 1. The molecule has 78 valence electrons. The highest BCUT2D eigenvalue weighted by Crippen LogP contribution is 2.21. The third-order valence-electron chi connectivity index (χ3n) is 2.02. The van der Waals surface area contributed by atoms with Gasteiger partial charge in [-0.3, -0.25) is 4.79 Å². The van der Waals surface area contributed by atoms with Crippen molar-refractivity contribution < 1.29 is 9.90 Å². The minimum Gasteiger partial charge on any atom is -0.481 e. The molecule has 14 heavy (non-hydrogen) atoms. The lowest BCUT2D eigenvalue weighted by Gasteiger charge is -2.14. The Morgan fingerprint density at radius 1 is 1.71 bits per heavy atom. The Morgan fingerprint density at radius 3 is 3.00 bits per heavy atom. The largest absolute Gasteiger partial charge is 0.481 e. The molecular formula is C10H15NO2S. The summed E-state index contributed by atoms with van der Waals surface area (Å²) in [5.74, 6) is -0.751. The molecule has 0 amide bonds. The van der Waals surface area contributed by atoms with Crippen LogP contribution in [0.3, 0.4) is 0 Å². The smallest absolute Gasteiger partial charge is 0.304 e. The Balaban J connectivity index is 2.36. The van der Waals surface area contributed by atoms with Crippen LogP contribution in [-0.4, -0.2) is 17.6 Å². The molecule has 1 aromatic heterocycles. The van der Waals surface area contributed by atoms with Crippen molar-refractivity contribution in [3.8, 4) is 0 Å². The molecule has 1 unspecified atom stereocenters. The van der Waals surface area contributed by atoms with Crippen molar-refractivity contribution >= 4 is 17.3 Å². The van der Waals surface area contributed by atoms with Gasteiger partial charge in [-0.15, -0.1) is 11.3 Å². The summed E-state index contributed by atoms with van der Waals surface area (Å²) in [6.07, 6.45) is 1.17. The third kappa shape index (κ3) is 3.47. The number of hydrogen-bond acceptors (Lipinski definition) is 3. The van der Waals surface area contributed by atoms with Crippen LogP contribution in [0.4, 0.5) is 0 Å². The highest BCUT2D eigenvalue weighted by Gasteiger charge is 2.09. The van der Waals surface area contributed by atoms with Gasteiger partial charge in [0.05, 0.1) is 6.42 Å². The van der Waals surface area contributed by atoms with E-state index in [1.165, 1.54) is 4.88 Å². The molecule has 1 atom stereocenters. The van der Waals surface area contributed by atoms with Crippen molar-refractivity contribution in [3.63, 3.8) is 0 Å². The lowest BCUT2D eigenvalue weighted by atomic mass is 10.2. The summed E-state index contributed by atoms with van der Waals surface area (Å²) in [4.78, 5) is 11.6. The zero-order chi connectivity index (χ0) is 10.4. The first-order valence-electron chi connectivity index (χ1n) is 4.72. The van der Waals surface area contributed by atoms with Gasteiger partial charge in [-0.2, -0.15) is 0 Å². The van der Waals surface area contributed by atoms with E-state index in [1.54, 1.807) is 11.3 Å². The summed E-state index contributed by atoms with van der Waals surface area (Å²) >= 11 is 1.70. The maximum atomic E-state index is 10.3. The second-order valence-corrected chi connectivity index (χ2v) is 4.05. The van der Waals surface area contributed by atoms with Crippen LogP contribution >= 0.6 is 11.3 Å². The van der Waals surface area contributed by atoms with Gasteiger partial charge in [0.15, 0.2) is 0 Å². The predicted molar refractivity (Wildman–Crippen MR) is 57.6 cm³/mol. The van der Waals surface area contributed by atoms with E-state index >= 15 is 0 Å². The second-order valence-electron chi connectivity index (χ2n) is 3.07. The number of carboxylic acid groups (broad SMARTS) is 1. The van der Waals surface area contributed by atoms with Crippen LogP contribution in [0.25, 0.3) is 0 Å². The summed E-state index contributed by atoms with van der Waals surface area (Å²) in [6, 6.07) is 4.39. The van der Waals surface area contributed by atoms with Crippen LogP contribution in [-0.2, 0) is 4.79 Å². The van der Waals surface area contributed by atoms with Gasteiger partial charge in [0, 0.05) is 17.5 Å². The molecule has 1 aromatic rings. The molecule has 4 heteroatoms. The summed E-state index contributed by atoms with van der Waals surface area (Å²) in [5, 5.41) is 13.8. The molecule has 0 saturated heterocycles. The summed E-state index contributed by atoms with van der Waals surface area (Å²) in [5.41, 5.74) is 0. The van der Waals surface area contributed by atoms with Gasteiger partial charge >= 0.3 is 5.97 Å². The first kappa shape index (κ1) is 11.2. The van der Waals surface area contributed by atoms with Gasteiger partial charge in [0.2, 0.25) is 0 Å². The lowest BCUT2D eigenvalue weighted by molar-refractivity contribution is -0.136. The fourth-order valence-electron chi connectivity index (χ4n) is 1.29. The molecule has 1 heterocycles. The molecule has 0 aliphatic heterocycles. The SMILES string of the molecule is CCC(NCCC(=O)O)c1cccs1. The van der Waals surface area contributed by atoms with Crippen molar-refractivity contribution in [2.24, 2.45) is 0 Å². The van der Waals surface area contributed by atoms with Crippen LogP contribution in [0.5, 0.6) is 0 Å². The average molecular weight is 213 g/mol. The Morgan fingerprint density at radius 2 is 2.50 bits per heavy atom. The molecule has 3 nitrogen and oxygen atoms in total. The van der Waals surface area contributed by atoms with Gasteiger partial charge in [-0.1, -0.05) is 13.0 Å². The minimum atomic E-state index is -0.751. The molecule has 0 aromatic carbocycles. The van der Waals surface area contributed by atoms with Gasteiger partial charge in [0.25, 0.3) is 0 Å². The second kappa shape index (κ2) is 5.78. The van der Waals surface area contributed by atoms with Gasteiger partial charge in [-0.25, -0.2) is 0 Å². The van der Waals surface area contributed by atoms with Crippen LogP contribution < -0.4 is 5.32 Å². The number of aliphatic carboxylic acids is 1. The maximum absolute atomic E-state index is 10.3. The Labute approximate surface area is 87.8 Å². The minimum absolute atomic E-state index is 0.182. The van der Waals surface area contributed by atoms with Crippen molar-refractivity contribution in [2.45, 2.75) is 25.8 Å². The van der Waals surface area contributed by atoms with Crippen LogP contribution in [0, 0.1) is 0 Å². The van der Waals surface area contributed by atoms with Crippen molar-refractivity contribution in [3.05, 3.63) is 22.4 Å². The quantitative estimate of drug-likeness (QED) is 0.762. The molecular weight excluding hydrogens is 198 g/mol. The van der Waals surface area contributed by atoms with E-state index in [2.05, 4.69) is 18.3 Å². The Kier molecular flexibility index (Phi) is 4.62. The van der Waals surface area contributed by atoms with Crippen LogP contribution in [0.1, 0.15) is 30.7 Å². The molecule has 0 spiro atoms. The van der Waals surface area contributed by atoms with Crippen molar-refractivity contribution in [1.82, 2.24) is 5.32 Å². The van der Waals surface area contributed by atoms with E-state index < -0.39 is 5.97 Å². The van der Waals surface area contributed by atoms with E-state index in [0.29, 0.717) is 12.6 Å². The lowest BCUT2D eigenvalue weighted by Crippen LogP contribution is -2.22. The van der Waals surface area contributed by atoms with Gasteiger partial charge < -0.3 is 10.4 Å². The highest BCUT2D eigenvalue weighted by atomic mass is 32.1. The van der Waals surface area contributed by atoms with Gasteiger partial charge in [0.1, 0.15) is 0 Å². The molecule has 2 N–H and O–H groups in total. The van der Waals surface area contributed by atoms with Gasteiger partial charge in [-0.05, 0) is 17.9 Å². The molecule has 0 saturated carbocycles. The molecule has 0 bridgehead atoms. The zero-order valence-electron chi connectivity index (χ0n) is 8.19. The Bertz CT molecular complexity index is 272. The van der Waals surface area contributed by atoms with Crippen molar-refractivity contribution in [1.29, 1.82) is 0 Å². The number of hydrogen-bond donors (Lipinski definition) is 2. The van der Waals surface area contributed by atoms with E-state index in [-0.39, 0.29) is 6.42 Å². The predicted octanol–water partition coefficient (Wildman–Crippen LogP) is 2.26. The van der Waals surface area contributed by atoms with E-state index in [4.69, 9.17) is 5.11 Å². The van der Waals surface area contributed by atoms with Crippen molar-refractivity contribution in [2.75, 3.05) is 6.54 Å².